The Hall–Kier alpha value is 0. The molecule has 2 aliphatic rings. The minimum Gasteiger partial charge on any atom is -0.0654 e. The fourth-order valence-electron chi connectivity index (χ4n) is 3.21. The molecule has 0 atom stereocenters. The smallest absolute Gasteiger partial charge is 0.0295 e. The minimum atomic E-state index is 0.862. The molecule has 0 heteroatoms. The van der Waals surface area contributed by atoms with Crippen LogP contribution in [0.15, 0.2) is 0 Å². The van der Waals surface area contributed by atoms with Crippen LogP contribution in [0.25, 0.3) is 0 Å². The van der Waals surface area contributed by atoms with Crippen LogP contribution in [0.4, 0.5) is 0 Å². The van der Waals surface area contributed by atoms with E-state index in [0.717, 1.165) is 11.3 Å². The van der Waals surface area contributed by atoms with E-state index < -0.39 is 0 Å². The van der Waals surface area contributed by atoms with Crippen LogP contribution in [0.5, 0.6) is 0 Å². The van der Waals surface area contributed by atoms with Gasteiger partial charge in [-0.05, 0) is 49.9 Å². The standard InChI is InChI=1S/C11H20/c1-2-3-6-11-7-4-10(9-11)5-8-11/h10H,2-9H2,1H3. The second kappa shape index (κ2) is 2.80. The first-order valence-corrected chi connectivity index (χ1v) is 5.35. The van der Waals surface area contributed by atoms with Crippen LogP contribution in [0.1, 0.15) is 58.3 Å². The molecule has 2 aliphatic carbocycles. The molecular formula is C11H20. The molecule has 11 heavy (non-hydrogen) atoms. The van der Waals surface area contributed by atoms with Gasteiger partial charge in [0.2, 0.25) is 0 Å². The monoisotopic (exact) mass is 152 g/mol. The molecule has 0 aromatic rings. The lowest BCUT2D eigenvalue weighted by atomic mass is 9.80. The van der Waals surface area contributed by atoms with Gasteiger partial charge in [0.15, 0.2) is 0 Å². The first-order valence-electron chi connectivity index (χ1n) is 5.35. The van der Waals surface area contributed by atoms with E-state index in [1.54, 1.807) is 38.5 Å². The Kier molecular flexibility index (Phi) is 1.95. The van der Waals surface area contributed by atoms with Gasteiger partial charge in [-0.25, -0.2) is 0 Å². The maximum absolute atomic E-state index is 2.32. The summed E-state index contributed by atoms with van der Waals surface area (Å²) in [6, 6.07) is 0. The Morgan fingerprint density at radius 1 is 1.27 bits per heavy atom. The number of rotatable bonds is 3. The maximum atomic E-state index is 2.32. The zero-order valence-electron chi connectivity index (χ0n) is 7.73. The summed E-state index contributed by atoms with van der Waals surface area (Å²) in [6.45, 7) is 2.32. The van der Waals surface area contributed by atoms with Crippen LogP contribution in [0.3, 0.4) is 0 Å². The van der Waals surface area contributed by atoms with Crippen molar-refractivity contribution in [1.29, 1.82) is 0 Å². The summed E-state index contributed by atoms with van der Waals surface area (Å²) in [5, 5.41) is 0. The lowest BCUT2D eigenvalue weighted by molar-refractivity contribution is 0.263. The van der Waals surface area contributed by atoms with Gasteiger partial charge in [0.25, 0.3) is 0 Å². The third-order valence-corrected chi connectivity index (χ3v) is 3.95. The molecule has 0 heterocycles. The van der Waals surface area contributed by atoms with Crippen molar-refractivity contribution < 1.29 is 0 Å². The predicted molar refractivity (Wildman–Crippen MR) is 48.5 cm³/mol. The highest BCUT2D eigenvalue weighted by molar-refractivity contribution is 4.95. The van der Waals surface area contributed by atoms with Crippen molar-refractivity contribution in [2.45, 2.75) is 58.3 Å². The second-order valence-electron chi connectivity index (χ2n) is 4.75. The number of hydrogen-bond donors (Lipinski definition) is 0. The summed E-state index contributed by atoms with van der Waals surface area (Å²) in [4.78, 5) is 0. The van der Waals surface area contributed by atoms with E-state index in [2.05, 4.69) is 6.92 Å². The van der Waals surface area contributed by atoms with Crippen molar-refractivity contribution in [2.24, 2.45) is 11.3 Å². The molecule has 0 aromatic carbocycles. The van der Waals surface area contributed by atoms with E-state index in [-0.39, 0.29) is 0 Å². The molecule has 0 aliphatic heterocycles. The van der Waals surface area contributed by atoms with Crippen LogP contribution < -0.4 is 0 Å². The molecule has 0 spiro atoms. The fraction of sp³-hybridized carbons (Fsp3) is 1.00. The van der Waals surface area contributed by atoms with Gasteiger partial charge in [-0.2, -0.15) is 0 Å². The average molecular weight is 152 g/mol. The molecular weight excluding hydrogens is 132 g/mol. The molecule has 2 saturated carbocycles. The van der Waals surface area contributed by atoms with Crippen molar-refractivity contribution in [3.05, 3.63) is 0 Å². The van der Waals surface area contributed by atoms with Gasteiger partial charge in [-0.3, -0.25) is 0 Å². The average Bonchev–Trinajstić information content (AvgIpc) is 2.60. The number of unbranched alkanes of at least 4 members (excludes halogenated alkanes) is 1. The highest BCUT2D eigenvalue weighted by Crippen LogP contribution is 2.56. The highest BCUT2D eigenvalue weighted by atomic mass is 14.5. The summed E-state index contributed by atoms with van der Waals surface area (Å²) < 4.78 is 0. The molecule has 0 aromatic heterocycles. The topological polar surface area (TPSA) is 0 Å². The molecule has 2 fully saturated rings. The van der Waals surface area contributed by atoms with E-state index in [1.165, 1.54) is 12.8 Å². The zero-order chi connectivity index (χ0) is 7.73. The van der Waals surface area contributed by atoms with Crippen LogP contribution in [-0.4, -0.2) is 0 Å². The van der Waals surface area contributed by atoms with E-state index >= 15 is 0 Å². The van der Waals surface area contributed by atoms with E-state index in [9.17, 15) is 0 Å². The van der Waals surface area contributed by atoms with Crippen LogP contribution in [-0.2, 0) is 0 Å². The Balaban J connectivity index is 1.89. The fourth-order valence-corrected chi connectivity index (χ4v) is 3.21. The molecule has 2 bridgehead atoms. The van der Waals surface area contributed by atoms with Gasteiger partial charge in [0, 0.05) is 0 Å². The quantitative estimate of drug-likeness (QED) is 0.577. The van der Waals surface area contributed by atoms with E-state index in [4.69, 9.17) is 0 Å². The molecule has 0 nitrogen and oxygen atoms in total. The molecule has 0 amide bonds. The first kappa shape index (κ1) is 7.64. The van der Waals surface area contributed by atoms with E-state index in [0.29, 0.717) is 0 Å². The third kappa shape index (κ3) is 1.32. The van der Waals surface area contributed by atoms with E-state index in [1.807, 2.05) is 0 Å². The largest absolute Gasteiger partial charge is 0.0654 e. The van der Waals surface area contributed by atoms with Crippen LogP contribution in [0.2, 0.25) is 0 Å². The lowest BCUT2D eigenvalue weighted by Gasteiger charge is -2.25. The maximum Gasteiger partial charge on any atom is -0.0295 e. The first-order chi connectivity index (χ1) is 5.35. The number of hydrogen-bond acceptors (Lipinski definition) is 0. The Bertz CT molecular complexity index is 129. The zero-order valence-corrected chi connectivity index (χ0v) is 7.73. The van der Waals surface area contributed by atoms with Crippen molar-refractivity contribution in [1.82, 2.24) is 0 Å². The van der Waals surface area contributed by atoms with Gasteiger partial charge in [0.1, 0.15) is 0 Å². The molecule has 2 rings (SSSR count). The van der Waals surface area contributed by atoms with Crippen LogP contribution >= 0.6 is 0 Å². The molecule has 64 valence electrons. The van der Waals surface area contributed by atoms with Gasteiger partial charge >= 0.3 is 0 Å². The Morgan fingerprint density at radius 2 is 2.00 bits per heavy atom. The second-order valence-corrected chi connectivity index (χ2v) is 4.75. The molecule has 0 radical (unpaired) electrons. The summed E-state index contributed by atoms with van der Waals surface area (Å²) in [5.41, 5.74) is 0.862. The van der Waals surface area contributed by atoms with Gasteiger partial charge < -0.3 is 0 Å². The van der Waals surface area contributed by atoms with Crippen molar-refractivity contribution in [3.8, 4) is 0 Å². The summed E-state index contributed by atoms with van der Waals surface area (Å²) in [5.74, 6) is 1.15. The lowest BCUT2D eigenvalue weighted by Crippen LogP contribution is -2.13. The SMILES string of the molecule is CCCCC12CCC(CC1)C2. The van der Waals surface area contributed by atoms with Gasteiger partial charge in [-0.1, -0.05) is 19.8 Å². The molecule has 0 saturated heterocycles. The summed E-state index contributed by atoms with van der Waals surface area (Å²) in [7, 11) is 0. The predicted octanol–water partition coefficient (Wildman–Crippen LogP) is 3.76. The van der Waals surface area contributed by atoms with Gasteiger partial charge in [-0.15, -0.1) is 0 Å². The minimum absolute atomic E-state index is 0.862. The molecule has 0 N–H and O–H groups in total. The van der Waals surface area contributed by atoms with Crippen molar-refractivity contribution in [3.63, 3.8) is 0 Å². The Morgan fingerprint density at radius 3 is 2.45 bits per heavy atom. The van der Waals surface area contributed by atoms with Crippen molar-refractivity contribution >= 4 is 0 Å². The summed E-state index contributed by atoms with van der Waals surface area (Å²) in [6.07, 6.45) is 12.3. The third-order valence-electron chi connectivity index (χ3n) is 3.95. The normalized spacial score (nSPS) is 41.7. The summed E-state index contributed by atoms with van der Waals surface area (Å²) >= 11 is 0. The van der Waals surface area contributed by atoms with Crippen molar-refractivity contribution in [2.75, 3.05) is 0 Å². The van der Waals surface area contributed by atoms with Crippen LogP contribution in [0, 0.1) is 11.3 Å². The molecule has 0 unspecified atom stereocenters. The number of fused-ring (bicyclic) bond motifs is 2. The Labute approximate surface area is 70.4 Å². The highest BCUT2D eigenvalue weighted by Gasteiger charge is 2.43. The van der Waals surface area contributed by atoms with Gasteiger partial charge in [0.05, 0.1) is 0 Å².